The number of benzene rings is 1. The van der Waals surface area contributed by atoms with Gasteiger partial charge >= 0.3 is 12.9 Å². The second-order valence-corrected chi connectivity index (χ2v) is 7.95. The molecule has 1 aromatic heterocycles. The molecule has 150 valence electrons. The van der Waals surface area contributed by atoms with E-state index in [9.17, 15) is 9.90 Å². The molecule has 0 fully saturated rings. The molecule has 3 heterocycles. The van der Waals surface area contributed by atoms with Gasteiger partial charge in [0.05, 0.1) is 11.1 Å². The molecule has 0 atom stereocenters. The van der Waals surface area contributed by atoms with Gasteiger partial charge in [-0.05, 0) is 69.1 Å². The summed E-state index contributed by atoms with van der Waals surface area (Å²) in [7, 11) is 0. The molecule has 0 saturated heterocycles. The third kappa shape index (κ3) is 2.36. The van der Waals surface area contributed by atoms with Crippen LogP contribution in [0.1, 0.15) is 59.2 Å². The molecule has 0 unspecified atom stereocenters. The Labute approximate surface area is 168 Å². The van der Waals surface area contributed by atoms with Crippen molar-refractivity contribution in [2.75, 3.05) is 0 Å². The zero-order valence-electron chi connectivity index (χ0n) is 17.4. The lowest BCUT2D eigenvalue weighted by atomic mass is 9.83. The van der Waals surface area contributed by atoms with Crippen LogP contribution in [0.5, 0.6) is 0 Å². The Bertz CT molecular complexity index is 1200. The van der Waals surface area contributed by atoms with Gasteiger partial charge in [-0.15, -0.1) is 0 Å². The highest BCUT2D eigenvalue weighted by atomic mass is 19.2. The number of nitrogens with zero attached hydrogens (tertiary/aromatic N) is 2. The van der Waals surface area contributed by atoms with Crippen molar-refractivity contribution < 1.29 is 23.0 Å². The molecule has 0 bridgehead atoms. The van der Waals surface area contributed by atoms with Gasteiger partial charge in [0.25, 0.3) is 0 Å². The monoisotopic (exact) mass is 396 g/mol. The maximum absolute atomic E-state index is 15.9. The van der Waals surface area contributed by atoms with E-state index in [0.29, 0.717) is 22.8 Å². The Balaban J connectivity index is 2.16. The first kappa shape index (κ1) is 19.4. The number of allylic oxidation sites excluding steroid dienone is 2. The summed E-state index contributed by atoms with van der Waals surface area (Å²) >= 11 is 0. The normalized spacial score (nSPS) is 17.8. The molecule has 29 heavy (non-hydrogen) atoms. The van der Waals surface area contributed by atoms with Crippen molar-refractivity contribution in [1.82, 2.24) is 4.48 Å². The molecule has 2 aromatic rings. The van der Waals surface area contributed by atoms with Crippen LogP contribution in [0.15, 0.2) is 41.1 Å². The highest BCUT2D eigenvalue weighted by Crippen LogP contribution is 2.46. The Morgan fingerprint density at radius 2 is 1.55 bits per heavy atom. The third-order valence-corrected chi connectivity index (χ3v) is 6.64. The molecule has 0 radical (unpaired) electrons. The first-order chi connectivity index (χ1) is 13.5. The minimum Gasteiger partial charge on any atom is -0.478 e. The van der Waals surface area contributed by atoms with Crippen LogP contribution in [0, 0.1) is 20.8 Å². The molecular weight excluding hydrogens is 373 g/mol. The van der Waals surface area contributed by atoms with Crippen molar-refractivity contribution in [3.05, 3.63) is 74.8 Å². The molecule has 0 aliphatic carbocycles. The SMILES string of the molecule is CC1=C(C)C(C)=[N+]2C1=C(c1ccc(C(=O)O)cc1)c1c(C)c(C)c(C)n1[B-]2(F)F. The predicted molar refractivity (Wildman–Crippen MR) is 111 cm³/mol. The van der Waals surface area contributed by atoms with Gasteiger partial charge < -0.3 is 22.7 Å². The number of fused-ring (bicyclic) bond motifs is 2. The minimum absolute atomic E-state index is 0.165. The van der Waals surface area contributed by atoms with Crippen LogP contribution in [-0.2, 0) is 0 Å². The quantitative estimate of drug-likeness (QED) is 0.732. The van der Waals surface area contributed by atoms with Gasteiger partial charge in [0.15, 0.2) is 5.70 Å². The third-order valence-electron chi connectivity index (χ3n) is 6.64. The fourth-order valence-electron chi connectivity index (χ4n) is 4.63. The Morgan fingerprint density at radius 3 is 2.10 bits per heavy atom. The van der Waals surface area contributed by atoms with Gasteiger partial charge in [-0.1, -0.05) is 12.1 Å². The predicted octanol–water partition coefficient (Wildman–Crippen LogP) is 4.93. The number of hydrogen-bond donors (Lipinski definition) is 1. The Morgan fingerprint density at radius 1 is 0.966 bits per heavy atom. The van der Waals surface area contributed by atoms with Crippen molar-refractivity contribution >= 4 is 24.2 Å². The fraction of sp³-hybridized carbons (Fsp3) is 0.273. The molecule has 7 heteroatoms. The summed E-state index contributed by atoms with van der Waals surface area (Å²) in [5, 5.41) is 9.23. The molecular formula is C22H23BF2N2O2. The van der Waals surface area contributed by atoms with Gasteiger partial charge in [-0.25, -0.2) is 4.79 Å². The van der Waals surface area contributed by atoms with E-state index >= 15 is 8.63 Å². The number of carbonyl (C=O) groups is 1. The summed E-state index contributed by atoms with van der Waals surface area (Å²) in [6.07, 6.45) is 0. The number of halogens is 2. The van der Waals surface area contributed by atoms with E-state index in [2.05, 4.69) is 0 Å². The van der Waals surface area contributed by atoms with E-state index in [0.717, 1.165) is 33.4 Å². The first-order valence-electron chi connectivity index (χ1n) is 9.60. The minimum atomic E-state index is -4.04. The average molecular weight is 396 g/mol. The second-order valence-electron chi connectivity index (χ2n) is 7.95. The van der Waals surface area contributed by atoms with Crippen LogP contribution < -0.4 is 0 Å². The lowest BCUT2D eigenvalue weighted by molar-refractivity contribution is -0.363. The number of hydrogen-bond acceptors (Lipinski definition) is 1. The number of aromatic nitrogens is 1. The molecule has 0 saturated carbocycles. The fourth-order valence-corrected chi connectivity index (χ4v) is 4.63. The van der Waals surface area contributed by atoms with Gasteiger partial charge in [0, 0.05) is 23.8 Å². The number of carboxylic acid groups (broad SMARTS) is 1. The van der Waals surface area contributed by atoms with Crippen molar-refractivity contribution in [3.8, 4) is 0 Å². The molecule has 2 aliphatic rings. The smallest absolute Gasteiger partial charge is 0.478 e. The van der Waals surface area contributed by atoms with E-state index in [4.69, 9.17) is 0 Å². The average Bonchev–Trinajstić information content (AvgIpc) is 3.04. The van der Waals surface area contributed by atoms with Crippen molar-refractivity contribution in [2.45, 2.75) is 41.5 Å². The lowest BCUT2D eigenvalue weighted by Gasteiger charge is -2.34. The van der Waals surface area contributed by atoms with E-state index in [-0.39, 0.29) is 5.56 Å². The van der Waals surface area contributed by atoms with Gasteiger partial charge in [0.2, 0.25) is 0 Å². The van der Waals surface area contributed by atoms with E-state index in [1.165, 1.54) is 21.1 Å². The van der Waals surface area contributed by atoms with Crippen LogP contribution in [0.25, 0.3) is 5.57 Å². The molecule has 0 spiro atoms. The molecule has 2 aliphatic heterocycles. The van der Waals surface area contributed by atoms with E-state index in [1.807, 2.05) is 27.7 Å². The lowest BCUT2D eigenvalue weighted by Crippen LogP contribution is -2.51. The van der Waals surface area contributed by atoms with Crippen LogP contribution in [-0.4, -0.2) is 32.7 Å². The summed E-state index contributed by atoms with van der Waals surface area (Å²) < 4.78 is 34.1. The van der Waals surface area contributed by atoms with Crippen LogP contribution >= 0.6 is 0 Å². The van der Waals surface area contributed by atoms with Gasteiger partial charge in [0.1, 0.15) is 5.71 Å². The molecule has 1 N–H and O–H groups in total. The van der Waals surface area contributed by atoms with Gasteiger partial charge in [-0.2, -0.15) is 0 Å². The van der Waals surface area contributed by atoms with E-state index in [1.54, 1.807) is 26.0 Å². The highest BCUT2D eigenvalue weighted by molar-refractivity contribution is 6.58. The van der Waals surface area contributed by atoms with Crippen molar-refractivity contribution in [1.29, 1.82) is 0 Å². The summed E-state index contributed by atoms with van der Waals surface area (Å²) in [5.74, 6) is -1.02. The number of aromatic carboxylic acids is 1. The van der Waals surface area contributed by atoms with Crippen LogP contribution in [0.4, 0.5) is 8.63 Å². The zero-order valence-corrected chi connectivity index (χ0v) is 17.4. The summed E-state index contributed by atoms with van der Waals surface area (Å²) in [6, 6.07) is 6.46. The molecule has 4 nitrogen and oxygen atoms in total. The highest BCUT2D eigenvalue weighted by Gasteiger charge is 2.56. The zero-order chi connectivity index (χ0) is 21.4. The summed E-state index contributed by atoms with van der Waals surface area (Å²) in [4.78, 5) is 11.3. The molecule has 0 amide bonds. The molecule has 4 rings (SSSR count). The Kier molecular flexibility index (Phi) is 4.02. The Hall–Kier alpha value is -2.96. The largest absolute Gasteiger partial charge is 0.737 e. The summed E-state index contributed by atoms with van der Waals surface area (Å²) in [5.41, 5.74) is 7.08. The van der Waals surface area contributed by atoms with Crippen molar-refractivity contribution in [3.63, 3.8) is 0 Å². The standard InChI is InChI=1S/C22H23BF2N2O2/c1-11-13(3)20-19(17-7-9-18(10-8-17)22(28)29)21-14(4)12(2)16(6)27(21)23(24,25)26(20)15(11)5/h7-10H,1-6H3,(H,28,29). The van der Waals surface area contributed by atoms with Crippen LogP contribution in [0.3, 0.4) is 0 Å². The van der Waals surface area contributed by atoms with Crippen LogP contribution in [0.2, 0.25) is 0 Å². The first-order valence-corrected chi connectivity index (χ1v) is 9.60. The maximum atomic E-state index is 15.9. The number of carboxylic acids is 1. The topological polar surface area (TPSA) is 45.2 Å². The maximum Gasteiger partial charge on any atom is 0.737 e. The molecule has 1 aromatic carbocycles. The number of rotatable bonds is 2. The second kappa shape index (κ2) is 6.02. The van der Waals surface area contributed by atoms with E-state index < -0.39 is 12.9 Å². The summed E-state index contributed by atoms with van der Waals surface area (Å²) in [6.45, 7) is 6.91. The van der Waals surface area contributed by atoms with Gasteiger partial charge in [-0.3, -0.25) is 0 Å². The van der Waals surface area contributed by atoms with Crippen molar-refractivity contribution in [2.24, 2.45) is 0 Å².